The van der Waals surface area contributed by atoms with Crippen LogP contribution in [0.25, 0.3) is 4.96 Å². The van der Waals surface area contributed by atoms with Gasteiger partial charge < -0.3 is 9.47 Å². The molecule has 0 saturated carbocycles. The SMILES string of the molecule is Fc1ccc(OCc2nnc3sc(COc4ccc(Cl)cc4)nn23)cc1. The van der Waals surface area contributed by atoms with Gasteiger partial charge in [-0.15, -0.1) is 10.2 Å². The minimum Gasteiger partial charge on any atom is -0.486 e. The fourth-order valence-corrected chi connectivity index (χ4v) is 3.09. The van der Waals surface area contributed by atoms with E-state index in [1.807, 2.05) is 0 Å². The van der Waals surface area contributed by atoms with Gasteiger partial charge in [0, 0.05) is 5.02 Å². The summed E-state index contributed by atoms with van der Waals surface area (Å²) in [6.45, 7) is 0.488. The summed E-state index contributed by atoms with van der Waals surface area (Å²) >= 11 is 7.24. The normalized spacial score (nSPS) is 11.0. The molecule has 0 spiro atoms. The van der Waals surface area contributed by atoms with E-state index in [1.54, 1.807) is 40.9 Å². The predicted octanol–water partition coefficient (Wildman–Crippen LogP) is 4.14. The summed E-state index contributed by atoms with van der Waals surface area (Å²) in [7, 11) is 0. The number of nitrogens with zero attached hydrogens (tertiary/aromatic N) is 4. The molecular formula is C17H12ClFN4O2S. The van der Waals surface area contributed by atoms with Gasteiger partial charge in [-0.25, -0.2) is 4.39 Å². The molecule has 26 heavy (non-hydrogen) atoms. The molecule has 132 valence electrons. The maximum atomic E-state index is 12.9. The van der Waals surface area contributed by atoms with Crippen molar-refractivity contribution in [1.29, 1.82) is 0 Å². The summed E-state index contributed by atoms with van der Waals surface area (Å²) in [4.78, 5) is 0.650. The van der Waals surface area contributed by atoms with Crippen LogP contribution in [0.1, 0.15) is 10.8 Å². The van der Waals surface area contributed by atoms with Gasteiger partial charge in [0.05, 0.1) is 0 Å². The average Bonchev–Trinajstić information content (AvgIpc) is 3.21. The van der Waals surface area contributed by atoms with Crippen molar-refractivity contribution >= 4 is 27.9 Å². The zero-order valence-electron chi connectivity index (χ0n) is 13.3. The Morgan fingerprint density at radius 2 is 1.58 bits per heavy atom. The van der Waals surface area contributed by atoms with Crippen LogP contribution in [0.5, 0.6) is 11.5 Å². The van der Waals surface area contributed by atoms with Crippen molar-refractivity contribution < 1.29 is 13.9 Å². The van der Waals surface area contributed by atoms with Gasteiger partial charge in [-0.1, -0.05) is 22.9 Å². The van der Waals surface area contributed by atoms with Crippen LogP contribution in [0.2, 0.25) is 5.02 Å². The lowest BCUT2D eigenvalue weighted by Crippen LogP contribution is -2.03. The maximum Gasteiger partial charge on any atom is 0.234 e. The lowest BCUT2D eigenvalue weighted by atomic mass is 10.3. The van der Waals surface area contributed by atoms with Crippen LogP contribution in [0, 0.1) is 5.82 Å². The molecule has 0 aliphatic carbocycles. The first kappa shape index (κ1) is 16.7. The molecule has 2 heterocycles. The third-order valence-electron chi connectivity index (χ3n) is 3.45. The molecule has 2 aromatic carbocycles. The van der Waals surface area contributed by atoms with Gasteiger partial charge in [0.1, 0.15) is 30.5 Å². The molecule has 0 N–H and O–H groups in total. The molecular weight excluding hydrogens is 379 g/mol. The summed E-state index contributed by atoms with van der Waals surface area (Å²) in [5.41, 5.74) is 0. The molecule has 0 saturated heterocycles. The molecule has 2 aromatic heterocycles. The molecule has 6 nitrogen and oxygen atoms in total. The highest BCUT2D eigenvalue weighted by Crippen LogP contribution is 2.20. The van der Waals surface area contributed by atoms with Crippen molar-refractivity contribution in [3.05, 3.63) is 70.2 Å². The highest BCUT2D eigenvalue weighted by atomic mass is 35.5. The summed E-state index contributed by atoms with van der Waals surface area (Å²) in [6, 6.07) is 12.9. The van der Waals surface area contributed by atoms with E-state index in [1.165, 1.54) is 23.5 Å². The minimum atomic E-state index is -0.313. The van der Waals surface area contributed by atoms with E-state index in [4.69, 9.17) is 21.1 Å². The molecule has 0 fully saturated rings. The number of aromatic nitrogens is 4. The van der Waals surface area contributed by atoms with Crippen molar-refractivity contribution in [2.45, 2.75) is 13.2 Å². The van der Waals surface area contributed by atoms with Crippen molar-refractivity contribution in [3.63, 3.8) is 0 Å². The molecule has 0 unspecified atom stereocenters. The third kappa shape index (κ3) is 3.76. The van der Waals surface area contributed by atoms with E-state index < -0.39 is 0 Å². The van der Waals surface area contributed by atoms with Crippen LogP contribution in [0.15, 0.2) is 48.5 Å². The van der Waals surface area contributed by atoms with E-state index in [2.05, 4.69) is 15.3 Å². The average molecular weight is 391 g/mol. The lowest BCUT2D eigenvalue weighted by molar-refractivity contribution is 0.289. The zero-order valence-corrected chi connectivity index (χ0v) is 14.9. The Morgan fingerprint density at radius 3 is 2.31 bits per heavy atom. The molecule has 0 bridgehead atoms. The second kappa shape index (κ2) is 7.27. The molecule has 0 aliphatic heterocycles. The Kier molecular flexibility index (Phi) is 4.68. The molecule has 0 amide bonds. The predicted molar refractivity (Wildman–Crippen MR) is 95.2 cm³/mol. The molecule has 4 aromatic rings. The van der Waals surface area contributed by atoms with E-state index >= 15 is 0 Å². The number of hydrogen-bond donors (Lipinski definition) is 0. The van der Waals surface area contributed by atoms with Crippen LogP contribution in [0.3, 0.4) is 0 Å². The molecule has 0 aliphatic rings. The highest BCUT2D eigenvalue weighted by molar-refractivity contribution is 7.16. The van der Waals surface area contributed by atoms with Gasteiger partial charge in [-0.3, -0.25) is 0 Å². The third-order valence-corrected chi connectivity index (χ3v) is 4.58. The van der Waals surface area contributed by atoms with Crippen molar-refractivity contribution in [3.8, 4) is 11.5 Å². The summed E-state index contributed by atoms with van der Waals surface area (Å²) in [5, 5.41) is 14.0. The Bertz CT molecular complexity index is 1020. The quantitative estimate of drug-likeness (QED) is 0.495. The number of fused-ring (bicyclic) bond motifs is 1. The van der Waals surface area contributed by atoms with Gasteiger partial charge in [-0.2, -0.15) is 9.61 Å². The van der Waals surface area contributed by atoms with E-state index in [0.717, 1.165) is 5.01 Å². The van der Waals surface area contributed by atoms with Crippen molar-refractivity contribution in [2.24, 2.45) is 0 Å². The second-order valence-electron chi connectivity index (χ2n) is 5.29. The first-order valence-electron chi connectivity index (χ1n) is 7.64. The Hall–Kier alpha value is -2.71. The van der Waals surface area contributed by atoms with Crippen LogP contribution in [-0.2, 0) is 13.2 Å². The first-order chi connectivity index (χ1) is 12.7. The lowest BCUT2D eigenvalue weighted by Gasteiger charge is -2.04. The smallest absolute Gasteiger partial charge is 0.234 e. The van der Waals surface area contributed by atoms with Gasteiger partial charge in [0.25, 0.3) is 0 Å². The van der Waals surface area contributed by atoms with Crippen LogP contribution >= 0.6 is 22.9 Å². The summed E-state index contributed by atoms with van der Waals surface area (Å²) in [6.07, 6.45) is 0. The molecule has 4 rings (SSSR count). The Labute approximate surface area is 156 Å². The van der Waals surface area contributed by atoms with Crippen molar-refractivity contribution in [1.82, 2.24) is 19.8 Å². The largest absolute Gasteiger partial charge is 0.486 e. The summed E-state index contributed by atoms with van der Waals surface area (Å²) < 4.78 is 25.8. The number of ether oxygens (including phenoxy) is 2. The Balaban J connectivity index is 1.42. The number of benzene rings is 2. The number of hydrogen-bond acceptors (Lipinski definition) is 6. The highest BCUT2D eigenvalue weighted by Gasteiger charge is 2.13. The van der Waals surface area contributed by atoms with Crippen LogP contribution in [0.4, 0.5) is 4.39 Å². The van der Waals surface area contributed by atoms with Crippen molar-refractivity contribution in [2.75, 3.05) is 0 Å². The molecule has 9 heteroatoms. The van der Waals surface area contributed by atoms with Gasteiger partial charge in [-0.05, 0) is 48.5 Å². The monoisotopic (exact) mass is 390 g/mol. The summed E-state index contributed by atoms with van der Waals surface area (Å²) in [5.74, 6) is 1.50. The topological polar surface area (TPSA) is 61.5 Å². The van der Waals surface area contributed by atoms with Crippen LogP contribution < -0.4 is 9.47 Å². The zero-order chi connectivity index (χ0) is 17.9. The van der Waals surface area contributed by atoms with Gasteiger partial charge in [0.15, 0.2) is 10.8 Å². The maximum absolute atomic E-state index is 12.9. The molecule has 0 atom stereocenters. The van der Waals surface area contributed by atoms with E-state index in [-0.39, 0.29) is 12.4 Å². The fourth-order valence-electron chi connectivity index (χ4n) is 2.20. The fraction of sp³-hybridized carbons (Fsp3) is 0.118. The van der Waals surface area contributed by atoms with Gasteiger partial charge >= 0.3 is 0 Å². The number of halogens is 2. The van der Waals surface area contributed by atoms with E-state index in [0.29, 0.717) is 33.9 Å². The molecule has 0 radical (unpaired) electrons. The Morgan fingerprint density at radius 1 is 0.923 bits per heavy atom. The van der Waals surface area contributed by atoms with Crippen LogP contribution in [-0.4, -0.2) is 19.8 Å². The van der Waals surface area contributed by atoms with Gasteiger partial charge in [0.2, 0.25) is 4.96 Å². The first-order valence-corrected chi connectivity index (χ1v) is 8.83. The standard InChI is InChI=1S/C17H12ClFN4O2S/c18-11-1-5-13(6-2-11)25-10-16-22-23-15(20-21-17(23)26-16)9-24-14-7-3-12(19)4-8-14/h1-8H,9-10H2. The number of rotatable bonds is 6. The minimum absolute atomic E-state index is 0.175. The second-order valence-corrected chi connectivity index (χ2v) is 6.77. The van der Waals surface area contributed by atoms with E-state index in [9.17, 15) is 4.39 Å².